The first-order chi connectivity index (χ1) is 16.8. The van der Waals surface area contributed by atoms with Gasteiger partial charge >= 0.3 is 12.1 Å². The molecule has 0 spiro atoms. The number of likely N-dealkylation sites (tertiary alicyclic amines) is 1. The molecule has 0 radical (unpaired) electrons. The van der Waals surface area contributed by atoms with Crippen LogP contribution in [0.4, 0.5) is 4.79 Å². The first kappa shape index (κ1) is 23.4. The van der Waals surface area contributed by atoms with Crippen molar-refractivity contribution in [2.75, 3.05) is 19.7 Å². The van der Waals surface area contributed by atoms with Gasteiger partial charge < -0.3 is 20.1 Å². The SMILES string of the molecule is CC1CCN(C(=O)C(C)(NC(=O)OCC2c3ccccc3-c3ccccc32)C2CC2)CC1C(=O)O. The molecule has 2 aliphatic carbocycles. The van der Waals surface area contributed by atoms with E-state index < -0.39 is 23.5 Å². The smallest absolute Gasteiger partial charge is 0.408 e. The maximum Gasteiger partial charge on any atom is 0.408 e. The quantitative estimate of drug-likeness (QED) is 0.649. The molecule has 3 aliphatic rings. The van der Waals surface area contributed by atoms with Crippen LogP contribution in [0, 0.1) is 17.8 Å². The van der Waals surface area contributed by atoms with Crippen molar-refractivity contribution in [3.63, 3.8) is 0 Å². The summed E-state index contributed by atoms with van der Waals surface area (Å²) in [6.45, 7) is 4.51. The number of ether oxygens (including phenoxy) is 1. The van der Waals surface area contributed by atoms with Crippen molar-refractivity contribution >= 4 is 18.0 Å². The molecule has 0 bridgehead atoms. The fourth-order valence-electron chi connectivity index (χ4n) is 5.74. The summed E-state index contributed by atoms with van der Waals surface area (Å²) >= 11 is 0. The van der Waals surface area contributed by atoms with Gasteiger partial charge in [0, 0.05) is 19.0 Å². The minimum Gasteiger partial charge on any atom is -0.481 e. The minimum absolute atomic E-state index is 0.0128. The summed E-state index contributed by atoms with van der Waals surface area (Å²) in [5, 5.41) is 12.4. The predicted molar refractivity (Wildman–Crippen MR) is 131 cm³/mol. The van der Waals surface area contributed by atoms with Crippen LogP contribution in [-0.4, -0.2) is 53.2 Å². The van der Waals surface area contributed by atoms with Crippen LogP contribution >= 0.6 is 0 Å². The third kappa shape index (κ3) is 4.28. The number of rotatable bonds is 6. The van der Waals surface area contributed by atoms with Gasteiger partial charge in [0.15, 0.2) is 0 Å². The van der Waals surface area contributed by atoms with E-state index >= 15 is 0 Å². The largest absolute Gasteiger partial charge is 0.481 e. The predicted octanol–water partition coefficient (Wildman–Crippen LogP) is 4.26. The van der Waals surface area contributed by atoms with Gasteiger partial charge in [0.2, 0.25) is 5.91 Å². The van der Waals surface area contributed by atoms with Gasteiger partial charge in [-0.15, -0.1) is 0 Å². The van der Waals surface area contributed by atoms with Gasteiger partial charge in [-0.25, -0.2) is 4.79 Å². The zero-order chi connectivity index (χ0) is 24.7. The Morgan fingerprint density at radius 2 is 1.63 bits per heavy atom. The van der Waals surface area contributed by atoms with E-state index in [1.165, 1.54) is 0 Å². The molecule has 1 aliphatic heterocycles. The van der Waals surface area contributed by atoms with Gasteiger partial charge in [-0.1, -0.05) is 55.5 Å². The number of benzene rings is 2. The molecule has 0 aromatic heterocycles. The lowest BCUT2D eigenvalue weighted by atomic mass is 9.85. The molecular formula is C28H32N2O5. The average Bonchev–Trinajstić information content (AvgIpc) is 3.66. The van der Waals surface area contributed by atoms with Crippen LogP contribution in [0.3, 0.4) is 0 Å². The van der Waals surface area contributed by atoms with Crippen molar-refractivity contribution in [1.29, 1.82) is 0 Å². The second kappa shape index (κ2) is 9.02. The summed E-state index contributed by atoms with van der Waals surface area (Å²) in [5.41, 5.74) is 3.46. The number of piperidine rings is 1. The zero-order valence-electron chi connectivity index (χ0n) is 20.2. The van der Waals surface area contributed by atoms with Gasteiger partial charge in [0.25, 0.3) is 0 Å². The lowest BCUT2D eigenvalue weighted by Crippen LogP contribution is -2.61. The van der Waals surface area contributed by atoms with Gasteiger partial charge in [-0.2, -0.15) is 0 Å². The average molecular weight is 477 g/mol. The Morgan fingerprint density at radius 1 is 1.03 bits per heavy atom. The molecule has 7 heteroatoms. The lowest BCUT2D eigenvalue weighted by molar-refractivity contribution is -0.150. The summed E-state index contributed by atoms with van der Waals surface area (Å²) in [6.07, 6.45) is 1.71. The van der Waals surface area contributed by atoms with Crippen LogP contribution in [0.5, 0.6) is 0 Å². The summed E-state index contributed by atoms with van der Waals surface area (Å²) < 4.78 is 5.71. The van der Waals surface area contributed by atoms with Gasteiger partial charge in [-0.05, 0) is 60.3 Å². The Bertz CT molecular complexity index is 1110. The van der Waals surface area contributed by atoms with Crippen LogP contribution < -0.4 is 5.32 Å². The molecule has 35 heavy (non-hydrogen) atoms. The van der Waals surface area contributed by atoms with Crippen molar-refractivity contribution in [2.24, 2.45) is 17.8 Å². The maximum absolute atomic E-state index is 13.6. The Morgan fingerprint density at radius 3 is 2.20 bits per heavy atom. The molecule has 1 saturated heterocycles. The molecular weight excluding hydrogens is 444 g/mol. The van der Waals surface area contributed by atoms with Crippen molar-refractivity contribution in [3.05, 3.63) is 59.7 Å². The molecule has 1 heterocycles. The van der Waals surface area contributed by atoms with Gasteiger partial charge in [-0.3, -0.25) is 9.59 Å². The number of carbonyl (C=O) groups excluding carboxylic acids is 2. The number of hydrogen-bond donors (Lipinski definition) is 2. The highest BCUT2D eigenvalue weighted by molar-refractivity contribution is 5.91. The Labute approximate surface area is 205 Å². The topological polar surface area (TPSA) is 95.9 Å². The first-order valence-electron chi connectivity index (χ1n) is 12.4. The number of alkyl carbamates (subject to hydrolysis) is 1. The maximum atomic E-state index is 13.6. The van der Waals surface area contributed by atoms with Crippen molar-refractivity contribution in [2.45, 2.75) is 44.6 Å². The minimum atomic E-state index is -1.10. The molecule has 5 rings (SSSR count). The molecule has 3 unspecified atom stereocenters. The highest BCUT2D eigenvalue weighted by atomic mass is 16.5. The fourth-order valence-corrected chi connectivity index (χ4v) is 5.74. The summed E-state index contributed by atoms with van der Waals surface area (Å²) in [5.74, 6) is -1.71. The second-order valence-corrected chi connectivity index (χ2v) is 10.4. The summed E-state index contributed by atoms with van der Waals surface area (Å²) in [6, 6.07) is 16.3. The highest BCUT2D eigenvalue weighted by Crippen LogP contribution is 2.45. The molecule has 2 fully saturated rings. The van der Waals surface area contributed by atoms with Crippen LogP contribution in [0.25, 0.3) is 11.1 Å². The van der Waals surface area contributed by atoms with Crippen LogP contribution in [-0.2, 0) is 14.3 Å². The number of hydrogen-bond acceptors (Lipinski definition) is 4. The second-order valence-electron chi connectivity index (χ2n) is 10.4. The van der Waals surface area contributed by atoms with E-state index in [1.54, 1.807) is 11.8 Å². The van der Waals surface area contributed by atoms with E-state index in [9.17, 15) is 19.5 Å². The van der Waals surface area contributed by atoms with Crippen LogP contribution in [0.15, 0.2) is 48.5 Å². The number of carboxylic acids is 1. The molecule has 3 atom stereocenters. The van der Waals surface area contributed by atoms with Crippen molar-refractivity contribution < 1.29 is 24.2 Å². The molecule has 2 aromatic rings. The number of aliphatic carboxylic acids is 1. The number of fused-ring (bicyclic) bond motifs is 3. The van der Waals surface area contributed by atoms with Crippen molar-refractivity contribution in [1.82, 2.24) is 10.2 Å². The number of nitrogens with zero attached hydrogens (tertiary/aromatic N) is 1. The summed E-state index contributed by atoms with van der Waals surface area (Å²) in [4.78, 5) is 39.8. The van der Waals surface area contributed by atoms with E-state index in [1.807, 2.05) is 31.2 Å². The van der Waals surface area contributed by atoms with Crippen LogP contribution in [0.1, 0.15) is 50.2 Å². The van der Waals surface area contributed by atoms with E-state index in [0.29, 0.717) is 13.0 Å². The Balaban J connectivity index is 1.28. The van der Waals surface area contributed by atoms with E-state index in [4.69, 9.17) is 4.74 Å². The van der Waals surface area contributed by atoms with E-state index in [-0.39, 0.29) is 36.8 Å². The first-order valence-corrected chi connectivity index (χ1v) is 12.4. The molecule has 2 aromatic carbocycles. The lowest BCUT2D eigenvalue weighted by Gasteiger charge is -2.40. The normalized spacial score (nSPS) is 23.1. The van der Waals surface area contributed by atoms with E-state index in [0.717, 1.165) is 35.1 Å². The monoisotopic (exact) mass is 476 g/mol. The van der Waals surface area contributed by atoms with E-state index in [2.05, 4.69) is 29.6 Å². The Kier molecular flexibility index (Phi) is 6.03. The molecule has 2 amide bonds. The molecule has 7 nitrogen and oxygen atoms in total. The molecule has 1 saturated carbocycles. The standard InChI is InChI=1S/C28H32N2O5/c1-17-13-14-30(15-23(17)25(31)32)26(33)28(2,18-11-12-18)29-27(34)35-16-24-21-9-5-3-7-19(21)20-8-4-6-10-22(20)24/h3-10,17-18,23-24H,11-16H2,1-2H3,(H,29,34)(H,31,32). The van der Waals surface area contributed by atoms with Gasteiger partial charge in [0.1, 0.15) is 12.1 Å². The third-order valence-electron chi connectivity index (χ3n) is 8.11. The van der Waals surface area contributed by atoms with Crippen molar-refractivity contribution in [3.8, 4) is 11.1 Å². The number of carboxylic acid groups (broad SMARTS) is 1. The number of carbonyl (C=O) groups is 3. The summed E-state index contributed by atoms with van der Waals surface area (Å²) in [7, 11) is 0. The Hall–Kier alpha value is -3.35. The fraction of sp³-hybridized carbons (Fsp3) is 0.464. The third-order valence-corrected chi connectivity index (χ3v) is 8.11. The van der Waals surface area contributed by atoms with Crippen LogP contribution in [0.2, 0.25) is 0 Å². The molecule has 184 valence electrons. The zero-order valence-corrected chi connectivity index (χ0v) is 20.2. The highest BCUT2D eigenvalue weighted by Gasteiger charge is 2.51. The van der Waals surface area contributed by atoms with Gasteiger partial charge in [0.05, 0.1) is 5.92 Å². The number of nitrogens with one attached hydrogen (secondary N) is 1. The molecule has 2 N–H and O–H groups in total. The number of amides is 2.